The van der Waals surface area contributed by atoms with Crippen LogP contribution in [0.1, 0.15) is 83.5 Å². The monoisotopic (exact) mass is 1430 g/mol. The van der Waals surface area contributed by atoms with Crippen molar-refractivity contribution in [3.05, 3.63) is 284 Å². The van der Waals surface area contributed by atoms with Gasteiger partial charge in [-0.05, 0) is 304 Å². The molecular formula is C97H79B3N4O2S2. The van der Waals surface area contributed by atoms with Gasteiger partial charge in [0.1, 0.15) is 23.0 Å². The highest BCUT2D eigenvalue weighted by Crippen LogP contribution is 2.54. The second-order valence-corrected chi connectivity index (χ2v) is 34.3. The summed E-state index contributed by atoms with van der Waals surface area (Å²) in [5.74, 6) is 3.57. The summed E-state index contributed by atoms with van der Waals surface area (Å²) < 4.78 is 20.8. The van der Waals surface area contributed by atoms with Gasteiger partial charge >= 0.3 is 0 Å². The van der Waals surface area contributed by atoms with Crippen LogP contribution in [0.2, 0.25) is 0 Å². The zero-order chi connectivity index (χ0) is 73.6. The Morgan fingerprint density at radius 1 is 0.296 bits per heavy atom. The molecule has 6 aliphatic rings. The van der Waals surface area contributed by atoms with Gasteiger partial charge in [0.2, 0.25) is 0 Å². The molecule has 8 heterocycles. The fraction of sp³-hybridized carbons (Fsp3) is 0.155. The Hall–Kier alpha value is -11.2. The maximum atomic E-state index is 8.09. The predicted octanol–water partition coefficient (Wildman–Crippen LogP) is 20.9. The molecule has 0 fully saturated rings. The van der Waals surface area contributed by atoms with Gasteiger partial charge in [0.25, 0.3) is 20.1 Å². The number of nitrogens with zero attached hydrogens (tertiary/aromatic N) is 3. The first-order valence-corrected chi connectivity index (χ1v) is 39.7. The standard InChI is InChI=1S/C97H79B3N4O2S2/c1-49-29-54(6)86(55(7)30-49)64-39-75-89-78(40-64)102(67-23-17-16-18-24-67)94-68-25-19-21-27-84(68)107-96(94)99(89)70-45-71-76(47-74(70)101-75)103(92-60(12)35-52(4)36-61(92)13)79-41-65(87-56(8)31-50(2)32-57(87)9)43-82-90(79)98(71)73-46-72-77(48-81(73)105-82)104(93-62(14)37-53(5)38-63(93)15)80-42-66(88-58(10)33-51(3)34-59(88)11)44-83-91(80)100(72)97-95(106-83)69-26-20-22-28-85(69)108-97/h16-48,101H,1-15H3. The first kappa shape index (κ1) is 65.1. The minimum Gasteiger partial charge on any atom is -0.458 e. The van der Waals surface area contributed by atoms with Crippen LogP contribution < -0.4 is 77.3 Å². The maximum Gasteiger partial charge on any atom is 0.268 e. The molecule has 6 nitrogen and oxygen atoms in total. The van der Waals surface area contributed by atoms with Crippen molar-refractivity contribution in [2.24, 2.45) is 0 Å². The Morgan fingerprint density at radius 2 is 0.713 bits per heavy atom. The number of nitrogens with one attached hydrogen (secondary N) is 1. The van der Waals surface area contributed by atoms with Crippen molar-refractivity contribution in [1.82, 2.24) is 0 Å². The van der Waals surface area contributed by atoms with Gasteiger partial charge in [-0.1, -0.05) is 149 Å². The third-order valence-electron chi connectivity index (χ3n) is 24.3. The summed E-state index contributed by atoms with van der Waals surface area (Å²) >= 11 is 3.83. The Kier molecular flexibility index (Phi) is 14.1. The number of benzene rings is 13. The number of ether oxygens (including phenoxy) is 2. The van der Waals surface area contributed by atoms with E-state index in [9.17, 15) is 0 Å². The van der Waals surface area contributed by atoms with Crippen LogP contribution in [0.25, 0.3) is 53.6 Å². The van der Waals surface area contributed by atoms with E-state index in [0.29, 0.717) is 0 Å². The summed E-state index contributed by atoms with van der Waals surface area (Å²) in [7, 11) is 0. The van der Waals surface area contributed by atoms with Crippen LogP contribution in [0.4, 0.5) is 62.6 Å². The third kappa shape index (κ3) is 9.34. The first-order valence-electron chi connectivity index (χ1n) is 38.1. The smallest absolute Gasteiger partial charge is 0.268 e. The average molecular weight is 1430 g/mol. The minimum atomic E-state index is -0.295. The Morgan fingerprint density at radius 3 is 1.26 bits per heavy atom. The average Bonchev–Trinajstić information content (AvgIpc) is 1.03. The molecule has 2 aromatic heterocycles. The van der Waals surface area contributed by atoms with Crippen LogP contribution in [0.3, 0.4) is 0 Å². The highest BCUT2D eigenvalue weighted by molar-refractivity contribution is 7.34. The van der Waals surface area contributed by atoms with E-state index in [1.165, 1.54) is 186 Å². The molecule has 0 saturated heterocycles. The van der Waals surface area contributed by atoms with Crippen LogP contribution in [-0.4, -0.2) is 20.1 Å². The van der Waals surface area contributed by atoms with Gasteiger partial charge in [-0.15, -0.1) is 22.7 Å². The second-order valence-electron chi connectivity index (χ2n) is 32.1. The lowest BCUT2D eigenvalue weighted by Gasteiger charge is -2.45. The molecule has 108 heavy (non-hydrogen) atoms. The van der Waals surface area contributed by atoms with Gasteiger partial charge in [-0.25, -0.2) is 0 Å². The van der Waals surface area contributed by atoms with Gasteiger partial charge in [0.15, 0.2) is 0 Å². The lowest BCUT2D eigenvalue weighted by Crippen LogP contribution is -2.65. The molecule has 0 radical (unpaired) electrons. The van der Waals surface area contributed by atoms with Crippen LogP contribution in [0.15, 0.2) is 200 Å². The molecule has 0 amide bonds. The number of thiophene rings is 2. The SMILES string of the molecule is Cc1cc(C)c(-c2cc3c4c(c2)N(c2ccccc2)c2c(sc5ccccc25)B4c2cc4c(cc2N3)N(c2c(C)cc(C)cc2C)c2cc(-c3c(C)cc(C)cc3C)cc3c2B4c2cc4c(cc2O3)N(c2c(C)cc(C)cc2C)c2cc(-c3c(C)cc(C)cc3C)cc3c2B4c2sc4ccccc4c2O3)c(C)c1. The van der Waals surface area contributed by atoms with Crippen LogP contribution in [0.5, 0.6) is 23.0 Å². The number of aryl methyl sites for hydroxylation is 15. The van der Waals surface area contributed by atoms with Crippen molar-refractivity contribution < 1.29 is 9.47 Å². The summed E-state index contributed by atoms with van der Waals surface area (Å²) in [6, 6.07) is 77.7. The number of fused-ring (bicyclic) bond motifs is 16. The normalized spacial score (nSPS) is 13.6. The zero-order valence-electron chi connectivity index (χ0n) is 63.8. The lowest BCUT2D eigenvalue weighted by molar-refractivity contribution is 0.488. The number of hydrogen-bond acceptors (Lipinski definition) is 8. The molecule has 21 rings (SSSR count). The Bertz CT molecular complexity index is 6490. The molecule has 13 aromatic carbocycles. The first-order chi connectivity index (χ1) is 52.2. The Balaban J connectivity index is 0.885. The van der Waals surface area contributed by atoms with E-state index in [0.717, 1.165) is 84.8 Å². The molecule has 0 spiro atoms. The molecular weight excluding hydrogens is 1350 g/mol. The van der Waals surface area contributed by atoms with Crippen LogP contribution in [-0.2, 0) is 0 Å². The molecule has 0 aliphatic carbocycles. The van der Waals surface area contributed by atoms with E-state index < -0.39 is 0 Å². The number of para-hydroxylation sites is 1. The Labute approximate surface area is 642 Å². The van der Waals surface area contributed by atoms with Crippen molar-refractivity contribution in [2.75, 3.05) is 20.0 Å². The quantitative estimate of drug-likeness (QED) is 0.167. The van der Waals surface area contributed by atoms with Crippen LogP contribution in [0, 0.1) is 104 Å². The van der Waals surface area contributed by atoms with Crippen molar-refractivity contribution in [1.29, 1.82) is 0 Å². The number of anilines is 11. The maximum absolute atomic E-state index is 8.09. The second kappa shape index (κ2) is 23.4. The molecule has 15 aromatic rings. The zero-order valence-corrected chi connectivity index (χ0v) is 65.4. The molecule has 6 aliphatic heterocycles. The molecule has 0 saturated carbocycles. The molecule has 0 unspecified atom stereocenters. The highest BCUT2D eigenvalue weighted by Gasteiger charge is 2.51. The number of rotatable bonds is 6. The van der Waals surface area contributed by atoms with E-state index in [1.807, 2.05) is 22.7 Å². The van der Waals surface area contributed by atoms with Crippen molar-refractivity contribution in [3.8, 4) is 56.4 Å². The van der Waals surface area contributed by atoms with E-state index in [2.05, 4.69) is 324 Å². The molecule has 1 N–H and O–H groups in total. The summed E-state index contributed by atoms with van der Waals surface area (Å²) in [6.07, 6.45) is 0. The lowest BCUT2D eigenvalue weighted by atomic mass is 9.30. The summed E-state index contributed by atoms with van der Waals surface area (Å²) in [5, 5.41) is 6.76. The molecule has 0 bridgehead atoms. The molecule has 11 heteroatoms. The van der Waals surface area contributed by atoms with E-state index >= 15 is 0 Å². The van der Waals surface area contributed by atoms with Gasteiger partial charge in [0, 0.05) is 81.3 Å². The van der Waals surface area contributed by atoms with Crippen molar-refractivity contribution in [2.45, 2.75) is 104 Å². The molecule has 0 atom stereocenters. The van der Waals surface area contributed by atoms with E-state index in [1.54, 1.807) is 0 Å². The summed E-state index contributed by atoms with van der Waals surface area (Å²) in [6.45, 7) is 33.4. The van der Waals surface area contributed by atoms with Gasteiger partial charge in [0.05, 0.1) is 17.1 Å². The summed E-state index contributed by atoms with van der Waals surface area (Å²) in [5.41, 5.74) is 47.0. The fourth-order valence-corrected chi connectivity index (χ4v) is 23.5. The van der Waals surface area contributed by atoms with Gasteiger partial charge in [-0.3, -0.25) is 0 Å². The topological polar surface area (TPSA) is 40.2 Å². The number of hydrogen-bond donors (Lipinski definition) is 1. The van der Waals surface area contributed by atoms with Gasteiger partial charge < -0.3 is 29.5 Å². The predicted molar refractivity (Wildman–Crippen MR) is 465 cm³/mol. The van der Waals surface area contributed by atoms with Gasteiger partial charge in [-0.2, -0.15) is 0 Å². The molecule has 520 valence electrons. The van der Waals surface area contributed by atoms with E-state index in [-0.39, 0.29) is 20.1 Å². The largest absolute Gasteiger partial charge is 0.458 e. The third-order valence-corrected chi connectivity index (χ3v) is 26.8. The fourth-order valence-electron chi connectivity index (χ4n) is 20.9. The van der Waals surface area contributed by atoms with Crippen LogP contribution >= 0.6 is 22.7 Å². The summed E-state index contributed by atoms with van der Waals surface area (Å²) in [4.78, 5) is 7.84. The highest BCUT2D eigenvalue weighted by atomic mass is 32.1. The van der Waals surface area contributed by atoms with E-state index in [4.69, 9.17) is 9.47 Å². The van der Waals surface area contributed by atoms with Crippen molar-refractivity contribution >= 4 is 173 Å². The van der Waals surface area contributed by atoms with Crippen molar-refractivity contribution in [3.63, 3.8) is 0 Å². The minimum absolute atomic E-state index is 0.136.